The van der Waals surface area contributed by atoms with E-state index in [0.29, 0.717) is 16.3 Å². The first-order valence-electron chi connectivity index (χ1n) is 5.40. The van der Waals surface area contributed by atoms with Crippen molar-refractivity contribution >= 4 is 35.6 Å². The number of methoxy groups -OCH3 is 1. The van der Waals surface area contributed by atoms with Crippen molar-refractivity contribution in [3.8, 4) is 5.75 Å². The van der Waals surface area contributed by atoms with Gasteiger partial charge >= 0.3 is 0 Å². The maximum absolute atomic E-state index is 12.0. The molecule has 0 aliphatic heterocycles. The Labute approximate surface area is 122 Å². The summed E-state index contributed by atoms with van der Waals surface area (Å²) in [4.78, 5) is 12.0. The summed E-state index contributed by atoms with van der Waals surface area (Å²) in [6, 6.07) is 14.2. The minimum Gasteiger partial charge on any atom is -0.495 e. The number of hydrogen-bond acceptors (Lipinski definition) is 2. The molecular weight excluding hydrogens is 285 g/mol. The molecule has 0 aliphatic carbocycles. The van der Waals surface area contributed by atoms with Crippen LogP contribution in [0.5, 0.6) is 5.75 Å². The summed E-state index contributed by atoms with van der Waals surface area (Å²) in [5, 5.41) is 3.20. The second kappa shape index (κ2) is 7.02. The fourth-order valence-corrected chi connectivity index (χ4v) is 1.79. The lowest BCUT2D eigenvalue weighted by atomic mass is 10.2. The molecule has 0 bridgehead atoms. The number of hydrogen-bond donors (Lipinski definition) is 1. The second-order valence-electron chi connectivity index (χ2n) is 3.67. The molecule has 0 atom stereocenters. The van der Waals surface area contributed by atoms with Crippen LogP contribution in [0, 0.1) is 0 Å². The lowest BCUT2D eigenvalue weighted by Gasteiger charge is -2.07. The van der Waals surface area contributed by atoms with Gasteiger partial charge in [-0.25, -0.2) is 0 Å². The molecule has 1 amide bonds. The van der Waals surface area contributed by atoms with Crippen molar-refractivity contribution in [1.29, 1.82) is 0 Å². The average Bonchev–Trinajstić information content (AvgIpc) is 2.39. The topological polar surface area (TPSA) is 38.3 Å². The Morgan fingerprint density at radius 2 is 1.84 bits per heavy atom. The van der Waals surface area contributed by atoms with E-state index in [0.717, 1.165) is 5.69 Å². The van der Waals surface area contributed by atoms with Crippen molar-refractivity contribution in [2.75, 3.05) is 12.4 Å². The third kappa shape index (κ3) is 3.88. The molecule has 2 aromatic carbocycles. The molecule has 0 aliphatic rings. The van der Waals surface area contributed by atoms with Gasteiger partial charge in [-0.2, -0.15) is 0 Å². The summed E-state index contributed by atoms with van der Waals surface area (Å²) < 4.78 is 5.03. The quantitative estimate of drug-likeness (QED) is 0.929. The number of para-hydroxylation sites is 1. The number of halogens is 2. The molecule has 0 saturated carbocycles. The number of benzene rings is 2. The van der Waals surface area contributed by atoms with Gasteiger partial charge in [0.15, 0.2) is 0 Å². The zero-order valence-corrected chi connectivity index (χ0v) is 11.8. The Bertz CT molecular complexity index is 559. The molecule has 0 aromatic heterocycles. The molecule has 0 spiro atoms. The van der Waals surface area contributed by atoms with Gasteiger partial charge in [-0.1, -0.05) is 29.8 Å². The van der Waals surface area contributed by atoms with Gasteiger partial charge < -0.3 is 10.1 Å². The lowest BCUT2D eigenvalue weighted by molar-refractivity contribution is 0.102. The maximum Gasteiger partial charge on any atom is 0.255 e. The zero-order valence-electron chi connectivity index (χ0n) is 10.2. The predicted molar refractivity (Wildman–Crippen MR) is 79.6 cm³/mol. The average molecular weight is 298 g/mol. The van der Waals surface area contributed by atoms with E-state index in [1.54, 1.807) is 18.2 Å². The van der Waals surface area contributed by atoms with Crippen LogP contribution in [0.25, 0.3) is 0 Å². The number of rotatable bonds is 3. The van der Waals surface area contributed by atoms with Crippen molar-refractivity contribution < 1.29 is 9.53 Å². The first-order valence-corrected chi connectivity index (χ1v) is 5.78. The molecule has 3 nitrogen and oxygen atoms in total. The minimum atomic E-state index is -0.203. The Kier molecular flexibility index (Phi) is 5.67. The fraction of sp³-hybridized carbons (Fsp3) is 0.0714. The van der Waals surface area contributed by atoms with Gasteiger partial charge in [-0.15, -0.1) is 12.4 Å². The van der Waals surface area contributed by atoms with E-state index in [2.05, 4.69) is 5.32 Å². The van der Waals surface area contributed by atoms with E-state index in [-0.39, 0.29) is 18.3 Å². The van der Waals surface area contributed by atoms with Crippen molar-refractivity contribution in [1.82, 2.24) is 0 Å². The van der Waals surface area contributed by atoms with Crippen molar-refractivity contribution in [2.45, 2.75) is 0 Å². The van der Waals surface area contributed by atoms with Gasteiger partial charge in [0.1, 0.15) is 5.75 Å². The van der Waals surface area contributed by atoms with E-state index < -0.39 is 0 Å². The summed E-state index contributed by atoms with van der Waals surface area (Å²) >= 11 is 5.97. The molecule has 5 heteroatoms. The number of carbonyl (C=O) groups excluding carboxylic acids is 1. The Morgan fingerprint density at radius 1 is 1.16 bits per heavy atom. The van der Waals surface area contributed by atoms with Crippen LogP contribution in [0.3, 0.4) is 0 Å². The monoisotopic (exact) mass is 297 g/mol. The summed E-state index contributed by atoms with van der Waals surface area (Å²) in [7, 11) is 1.53. The Hall–Kier alpha value is -1.71. The molecule has 0 saturated heterocycles. The van der Waals surface area contributed by atoms with Gasteiger partial charge in [-0.3, -0.25) is 4.79 Å². The van der Waals surface area contributed by atoms with Crippen molar-refractivity contribution in [3.05, 3.63) is 59.1 Å². The van der Waals surface area contributed by atoms with Crippen LogP contribution in [-0.4, -0.2) is 13.0 Å². The molecule has 19 heavy (non-hydrogen) atoms. The van der Waals surface area contributed by atoms with Gasteiger partial charge in [0.25, 0.3) is 5.91 Å². The highest BCUT2D eigenvalue weighted by Gasteiger charge is 2.09. The molecule has 2 aromatic rings. The zero-order chi connectivity index (χ0) is 13.0. The molecule has 0 unspecified atom stereocenters. The molecule has 2 rings (SSSR count). The molecule has 100 valence electrons. The first-order chi connectivity index (χ1) is 8.70. The smallest absolute Gasteiger partial charge is 0.255 e. The van der Waals surface area contributed by atoms with E-state index >= 15 is 0 Å². The van der Waals surface area contributed by atoms with Gasteiger partial charge in [0.2, 0.25) is 0 Å². The van der Waals surface area contributed by atoms with Crippen LogP contribution in [0.15, 0.2) is 48.5 Å². The normalized spacial score (nSPS) is 9.37. The SMILES string of the molecule is COc1ccc(C(=O)Nc2ccccc2)cc1Cl.Cl. The van der Waals surface area contributed by atoms with Crippen LogP contribution in [0.1, 0.15) is 10.4 Å². The van der Waals surface area contributed by atoms with E-state index in [4.69, 9.17) is 16.3 Å². The fourth-order valence-electron chi connectivity index (χ4n) is 1.53. The molecule has 0 radical (unpaired) electrons. The van der Waals surface area contributed by atoms with Crippen LogP contribution in [0.2, 0.25) is 5.02 Å². The summed E-state index contributed by atoms with van der Waals surface area (Å²) in [6.07, 6.45) is 0. The third-order valence-electron chi connectivity index (χ3n) is 2.45. The first kappa shape index (κ1) is 15.3. The minimum absolute atomic E-state index is 0. The number of anilines is 1. The van der Waals surface area contributed by atoms with Crippen LogP contribution >= 0.6 is 24.0 Å². The van der Waals surface area contributed by atoms with E-state index in [1.807, 2.05) is 30.3 Å². The van der Waals surface area contributed by atoms with Crippen LogP contribution in [0.4, 0.5) is 5.69 Å². The van der Waals surface area contributed by atoms with Crippen LogP contribution in [-0.2, 0) is 0 Å². The van der Waals surface area contributed by atoms with Gasteiger partial charge in [0.05, 0.1) is 12.1 Å². The predicted octanol–water partition coefficient (Wildman–Crippen LogP) is 4.02. The summed E-state index contributed by atoms with van der Waals surface area (Å²) in [6.45, 7) is 0. The summed E-state index contributed by atoms with van der Waals surface area (Å²) in [5.74, 6) is 0.346. The maximum atomic E-state index is 12.0. The van der Waals surface area contributed by atoms with E-state index in [9.17, 15) is 4.79 Å². The number of amides is 1. The van der Waals surface area contributed by atoms with Crippen molar-refractivity contribution in [2.24, 2.45) is 0 Å². The molecule has 0 fully saturated rings. The highest BCUT2D eigenvalue weighted by Crippen LogP contribution is 2.25. The van der Waals surface area contributed by atoms with E-state index in [1.165, 1.54) is 7.11 Å². The van der Waals surface area contributed by atoms with Gasteiger partial charge in [-0.05, 0) is 30.3 Å². The lowest BCUT2D eigenvalue weighted by Crippen LogP contribution is -2.11. The highest BCUT2D eigenvalue weighted by atomic mass is 35.5. The molecular formula is C14H13Cl2NO2. The highest BCUT2D eigenvalue weighted by molar-refractivity contribution is 6.32. The Morgan fingerprint density at radius 3 is 2.42 bits per heavy atom. The van der Waals surface area contributed by atoms with Gasteiger partial charge in [0, 0.05) is 11.3 Å². The summed E-state index contributed by atoms with van der Waals surface area (Å²) in [5.41, 5.74) is 1.24. The largest absolute Gasteiger partial charge is 0.495 e. The number of ether oxygens (including phenoxy) is 1. The van der Waals surface area contributed by atoms with Crippen LogP contribution < -0.4 is 10.1 Å². The molecule has 0 heterocycles. The number of carbonyl (C=O) groups is 1. The van der Waals surface area contributed by atoms with Crippen molar-refractivity contribution in [3.63, 3.8) is 0 Å². The Balaban J connectivity index is 0.00000180. The number of nitrogens with one attached hydrogen (secondary N) is 1. The second-order valence-corrected chi connectivity index (χ2v) is 4.08. The third-order valence-corrected chi connectivity index (χ3v) is 2.74. The molecule has 1 N–H and O–H groups in total. The standard InChI is InChI=1S/C14H12ClNO2.ClH/c1-18-13-8-7-10(9-12(13)15)14(17)16-11-5-3-2-4-6-11;/h2-9H,1H3,(H,16,17);1H.